The molecule has 1 unspecified atom stereocenters. The van der Waals surface area contributed by atoms with Crippen LogP contribution in [0.3, 0.4) is 0 Å². The Morgan fingerprint density at radius 1 is 1.38 bits per heavy atom. The van der Waals surface area contributed by atoms with E-state index in [1.807, 2.05) is 18.7 Å². The average molecular weight is 284 g/mol. The number of aromatic nitrogens is 2. The molecule has 4 heteroatoms. The van der Waals surface area contributed by atoms with Gasteiger partial charge in [-0.1, -0.05) is 12.1 Å². The smallest absolute Gasteiger partial charge is 0.0946 e. The molecule has 3 rings (SSSR count). The Morgan fingerprint density at radius 2 is 2.29 bits per heavy atom. The van der Waals surface area contributed by atoms with Crippen molar-refractivity contribution in [2.45, 2.75) is 38.9 Å². The fourth-order valence-corrected chi connectivity index (χ4v) is 3.02. The number of nitrogens with one attached hydrogen (secondary N) is 1. The van der Waals surface area contributed by atoms with Crippen molar-refractivity contribution >= 4 is 5.69 Å². The maximum Gasteiger partial charge on any atom is 0.0946 e. The van der Waals surface area contributed by atoms with Gasteiger partial charge < -0.3 is 14.8 Å². The van der Waals surface area contributed by atoms with Crippen LogP contribution in [0.1, 0.15) is 24.5 Å². The van der Waals surface area contributed by atoms with Crippen LogP contribution in [0.5, 0.6) is 0 Å². The highest BCUT2D eigenvalue weighted by atomic mass is 15.1. The lowest BCUT2D eigenvalue weighted by atomic mass is 9.99. The topological polar surface area (TPSA) is 33.1 Å². The number of anilines is 1. The Hall–Kier alpha value is -1.81. The number of hydrogen-bond acceptors (Lipinski definition) is 3. The zero-order valence-corrected chi connectivity index (χ0v) is 12.9. The predicted molar refractivity (Wildman–Crippen MR) is 86.6 cm³/mol. The highest BCUT2D eigenvalue weighted by Gasteiger charge is 2.13. The van der Waals surface area contributed by atoms with Crippen molar-refractivity contribution in [1.29, 1.82) is 0 Å². The summed E-state index contributed by atoms with van der Waals surface area (Å²) in [5.41, 5.74) is 4.27. The first kappa shape index (κ1) is 14.1. The highest BCUT2D eigenvalue weighted by Crippen LogP contribution is 2.26. The Morgan fingerprint density at radius 3 is 3.10 bits per heavy atom. The van der Waals surface area contributed by atoms with Gasteiger partial charge >= 0.3 is 0 Å². The Labute approximate surface area is 126 Å². The van der Waals surface area contributed by atoms with Crippen LogP contribution in [0.2, 0.25) is 0 Å². The lowest BCUT2D eigenvalue weighted by Gasteiger charge is -2.28. The molecule has 0 aliphatic carbocycles. The van der Waals surface area contributed by atoms with Gasteiger partial charge in [0.05, 0.1) is 6.33 Å². The van der Waals surface area contributed by atoms with Crippen LogP contribution >= 0.6 is 0 Å². The fraction of sp³-hybridized carbons (Fsp3) is 0.471. The summed E-state index contributed by atoms with van der Waals surface area (Å²) >= 11 is 0. The quantitative estimate of drug-likeness (QED) is 0.915. The van der Waals surface area contributed by atoms with Gasteiger partial charge in [-0.3, -0.25) is 0 Å². The summed E-state index contributed by atoms with van der Waals surface area (Å²) in [4.78, 5) is 6.44. The molecule has 21 heavy (non-hydrogen) atoms. The largest absolute Gasteiger partial charge is 0.374 e. The van der Waals surface area contributed by atoms with Crippen LogP contribution < -0.4 is 10.2 Å². The minimum atomic E-state index is 0.429. The summed E-state index contributed by atoms with van der Waals surface area (Å²) in [6.07, 6.45) is 8.17. The van der Waals surface area contributed by atoms with E-state index in [-0.39, 0.29) is 0 Å². The highest BCUT2D eigenvalue weighted by molar-refractivity contribution is 5.56. The first-order valence-corrected chi connectivity index (χ1v) is 7.74. The van der Waals surface area contributed by atoms with Crippen molar-refractivity contribution in [1.82, 2.24) is 14.9 Å². The molecule has 112 valence electrons. The number of aryl methyl sites for hydroxylation is 1. The summed E-state index contributed by atoms with van der Waals surface area (Å²) in [7, 11) is 2.18. The maximum atomic E-state index is 4.08. The minimum Gasteiger partial charge on any atom is -0.374 e. The van der Waals surface area contributed by atoms with Crippen LogP contribution in [0.4, 0.5) is 5.69 Å². The molecule has 1 N–H and O–H groups in total. The maximum absolute atomic E-state index is 4.08. The van der Waals surface area contributed by atoms with Gasteiger partial charge in [-0.2, -0.15) is 0 Å². The molecule has 4 nitrogen and oxygen atoms in total. The van der Waals surface area contributed by atoms with Crippen molar-refractivity contribution in [3.8, 4) is 0 Å². The molecule has 0 saturated carbocycles. The van der Waals surface area contributed by atoms with Crippen LogP contribution in [-0.4, -0.2) is 29.2 Å². The normalized spacial score (nSPS) is 15.8. The van der Waals surface area contributed by atoms with Crippen molar-refractivity contribution in [2.75, 3.05) is 18.5 Å². The van der Waals surface area contributed by atoms with Crippen LogP contribution in [0, 0.1) is 0 Å². The zero-order chi connectivity index (χ0) is 14.7. The molecule has 2 aromatic rings. The van der Waals surface area contributed by atoms with E-state index in [9.17, 15) is 0 Å². The zero-order valence-electron chi connectivity index (χ0n) is 12.9. The van der Waals surface area contributed by atoms with Gasteiger partial charge in [0.2, 0.25) is 0 Å². The van der Waals surface area contributed by atoms with Gasteiger partial charge in [0, 0.05) is 50.8 Å². The van der Waals surface area contributed by atoms with Crippen molar-refractivity contribution in [3.63, 3.8) is 0 Å². The molecular formula is C17H24N4. The molecule has 1 atom stereocenters. The van der Waals surface area contributed by atoms with Crippen molar-refractivity contribution in [2.24, 2.45) is 0 Å². The minimum absolute atomic E-state index is 0.429. The third kappa shape index (κ3) is 3.45. The molecule has 0 amide bonds. The summed E-state index contributed by atoms with van der Waals surface area (Å²) in [6.45, 7) is 5.26. The summed E-state index contributed by atoms with van der Waals surface area (Å²) in [5.74, 6) is 0. The lowest BCUT2D eigenvalue weighted by Crippen LogP contribution is -2.30. The van der Waals surface area contributed by atoms with E-state index in [1.165, 1.54) is 36.2 Å². The monoisotopic (exact) mass is 284 g/mol. The molecule has 1 aliphatic rings. The number of nitrogens with zero attached hydrogens (tertiary/aromatic N) is 3. The van der Waals surface area contributed by atoms with E-state index in [4.69, 9.17) is 0 Å². The van der Waals surface area contributed by atoms with Crippen molar-refractivity contribution < 1.29 is 0 Å². The molecule has 0 spiro atoms. The van der Waals surface area contributed by atoms with Gasteiger partial charge in [-0.05, 0) is 37.0 Å². The average Bonchev–Trinajstić information content (AvgIpc) is 2.98. The SMILES string of the molecule is CC(Cn1ccnc1)NCc1ccc2c(c1)CCCN2C. The standard InChI is InChI=1S/C17H24N4/c1-14(12-21-9-7-18-13-21)19-11-15-5-6-17-16(10-15)4-3-8-20(17)2/h5-7,9-10,13-14,19H,3-4,8,11-12H2,1-2H3. The number of imidazole rings is 1. The molecular weight excluding hydrogens is 260 g/mol. The number of hydrogen-bond donors (Lipinski definition) is 1. The summed E-state index contributed by atoms with van der Waals surface area (Å²) < 4.78 is 2.11. The Balaban J connectivity index is 1.58. The Kier molecular flexibility index (Phi) is 4.25. The van der Waals surface area contributed by atoms with E-state index in [0.29, 0.717) is 6.04 Å². The van der Waals surface area contributed by atoms with Gasteiger partial charge in [-0.25, -0.2) is 4.98 Å². The molecule has 0 bridgehead atoms. The number of benzene rings is 1. The van der Waals surface area contributed by atoms with Crippen molar-refractivity contribution in [3.05, 3.63) is 48.0 Å². The third-order valence-electron chi connectivity index (χ3n) is 4.19. The summed E-state index contributed by atoms with van der Waals surface area (Å²) in [5, 5.41) is 3.59. The van der Waals surface area contributed by atoms with Crippen LogP contribution in [-0.2, 0) is 19.5 Å². The second-order valence-corrected chi connectivity index (χ2v) is 6.03. The number of fused-ring (bicyclic) bond motifs is 1. The van der Waals surface area contributed by atoms with E-state index >= 15 is 0 Å². The fourth-order valence-electron chi connectivity index (χ4n) is 3.02. The first-order chi connectivity index (χ1) is 10.2. The molecule has 0 fully saturated rings. The molecule has 1 aromatic heterocycles. The van der Waals surface area contributed by atoms with E-state index < -0.39 is 0 Å². The second kappa shape index (κ2) is 6.31. The molecule has 0 saturated heterocycles. The Bertz CT molecular complexity index is 576. The molecule has 1 aliphatic heterocycles. The molecule has 2 heterocycles. The van der Waals surface area contributed by atoms with Crippen LogP contribution in [0.15, 0.2) is 36.9 Å². The van der Waals surface area contributed by atoms with Crippen LogP contribution in [0.25, 0.3) is 0 Å². The first-order valence-electron chi connectivity index (χ1n) is 7.74. The van der Waals surface area contributed by atoms with Gasteiger partial charge in [-0.15, -0.1) is 0 Å². The summed E-state index contributed by atoms with van der Waals surface area (Å²) in [6, 6.07) is 7.31. The lowest BCUT2D eigenvalue weighted by molar-refractivity contribution is 0.476. The van der Waals surface area contributed by atoms with E-state index in [2.05, 4.69) is 51.9 Å². The van der Waals surface area contributed by atoms with E-state index in [1.54, 1.807) is 0 Å². The van der Waals surface area contributed by atoms with E-state index in [0.717, 1.165) is 13.1 Å². The predicted octanol–water partition coefficient (Wildman–Crippen LogP) is 2.44. The molecule has 1 aromatic carbocycles. The molecule has 0 radical (unpaired) electrons. The second-order valence-electron chi connectivity index (χ2n) is 6.03. The van der Waals surface area contributed by atoms with Gasteiger partial charge in [0.15, 0.2) is 0 Å². The number of rotatable bonds is 5. The van der Waals surface area contributed by atoms with Gasteiger partial charge in [0.25, 0.3) is 0 Å². The van der Waals surface area contributed by atoms with Gasteiger partial charge in [0.1, 0.15) is 0 Å². The third-order valence-corrected chi connectivity index (χ3v) is 4.19.